The molecule has 0 aliphatic heterocycles. The number of hydrogen-bond donors (Lipinski definition) is 2. The van der Waals surface area contributed by atoms with E-state index in [1.54, 1.807) is 0 Å². The fourth-order valence-electron chi connectivity index (χ4n) is 4.73. The third-order valence-corrected chi connectivity index (χ3v) is 5.69. The predicted molar refractivity (Wildman–Crippen MR) is 85.7 cm³/mol. The van der Waals surface area contributed by atoms with Crippen LogP contribution in [-0.4, -0.2) is 41.2 Å². The summed E-state index contributed by atoms with van der Waals surface area (Å²) in [6.45, 7) is 0.933. The van der Waals surface area contributed by atoms with Crippen LogP contribution < -0.4 is 0 Å². The summed E-state index contributed by atoms with van der Waals surface area (Å²) in [6, 6.07) is 6.72. The average Bonchev–Trinajstić information content (AvgIpc) is 3.04. The summed E-state index contributed by atoms with van der Waals surface area (Å²) in [5.41, 5.74) is 3.38. The van der Waals surface area contributed by atoms with Gasteiger partial charge in [-0.15, -0.1) is 0 Å². The molecule has 1 aromatic carbocycles. The molecule has 21 heavy (non-hydrogen) atoms. The van der Waals surface area contributed by atoms with Crippen LogP contribution in [0.2, 0.25) is 0 Å². The van der Waals surface area contributed by atoms with Gasteiger partial charge >= 0.3 is 0 Å². The Balaban J connectivity index is 1.85. The number of rotatable bonds is 3. The van der Waals surface area contributed by atoms with Gasteiger partial charge in [0.25, 0.3) is 0 Å². The SMILES string of the molecule is CN(C)CC1(C2(O)CCCC2)Cc2cc3cc[nH]c3cc21. The predicted octanol–water partition coefficient (Wildman–Crippen LogP) is 2.83. The van der Waals surface area contributed by atoms with Crippen LogP contribution in [0.15, 0.2) is 24.4 Å². The van der Waals surface area contributed by atoms with Crippen molar-refractivity contribution in [3.63, 3.8) is 0 Å². The molecule has 0 amide bonds. The third-order valence-electron chi connectivity index (χ3n) is 5.69. The first-order valence-electron chi connectivity index (χ1n) is 8.02. The highest BCUT2D eigenvalue weighted by Gasteiger charge is 2.58. The molecule has 0 spiro atoms. The Morgan fingerprint density at radius 2 is 2.00 bits per heavy atom. The minimum absolute atomic E-state index is 0.0817. The Bertz CT molecular complexity index is 682. The Labute approximate surface area is 126 Å². The molecule has 1 fully saturated rings. The zero-order chi connectivity index (χ0) is 14.7. The third kappa shape index (κ3) is 1.74. The first kappa shape index (κ1) is 13.4. The lowest BCUT2D eigenvalue weighted by Crippen LogP contribution is -2.61. The number of aromatic amines is 1. The monoisotopic (exact) mass is 284 g/mol. The summed E-state index contributed by atoms with van der Waals surface area (Å²) in [5.74, 6) is 0. The molecule has 3 nitrogen and oxygen atoms in total. The summed E-state index contributed by atoms with van der Waals surface area (Å²) in [7, 11) is 4.23. The van der Waals surface area contributed by atoms with Crippen molar-refractivity contribution in [2.24, 2.45) is 0 Å². The van der Waals surface area contributed by atoms with E-state index in [-0.39, 0.29) is 5.41 Å². The van der Waals surface area contributed by atoms with Crippen LogP contribution >= 0.6 is 0 Å². The maximum absolute atomic E-state index is 11.3. The molecular formula is C18H24N2O. The molecule has 1 unspecified atom stereocenters. The van der Waals surface area contributed by atoms with Crippen LogP contribution in [0, 0.1) is 0 Å². The topological polar surface area (TPSA) is 39.3 Å². The Morgan fingerprint density at radius 3 is 2.71 bits per heavy atom. The van der Waals surface area contributed by atoms with Gasteiger partial charge in [0.05, 0.1) is 5.60 Å². The van der Waals surface area contributed by atoms with Gasteiger partial charge in [-0.25, -0.2) is 0 Å². The lowest BCUT2D eigenvalue weighted by atomic mass is 9.54. The molecule has 2 aliphatic carbocycles. The van der Waals surface area contributed by atoms with Crippen LogP contribution in [0.5, 0.6) is 0 Å². The van der Waals surface area contributed by atoms with E-state index >= 15 is 0 Å². The number of hydrogen-bond acceptors (Lipinski definition) is 2. The molecule has 2 aromatic rings. The first-order chi connectivity index (χ1) is 10.0. The molecule has 112 valence electrons. The molecule has 4 rings (SSSR count). The average molecular weight is 284 g/mol. The van der Waals surface area contributed by atoms with E-state index in [1.807, 2.05) is 6.20 Å². The lowest BCUT2D eigenvalue weighted by Gasteiger charge is -2.54. The highest BCUT2D eigenvalue weighted by atomic mass is 16.3. The first-order valence-corrected chi connectivity index (χ1v) is 8.02. The van der Waals surface area contributed by atoms with Crippen molar-refractivity contribution in [3.8, 4) is 0 Å². The molecule has 0 radical (unpaired) electrons. The highest BCUT2D eigenvalue weighted by Crippen LogP contribution is 2.55. The Kier molecular flexibility index (Phi) is 2.76. The zero-order valence-corrected chi connectivity index (χ0v) is 12.9. The van der Waals surface area contributed by atoms with Crippen LogP contribution in [0.3, 0.4) is 0 Å². The van der Waals surface area contributed by atoms with E-state index in [1.165, 1.54) is 22.0 Å². The second kappa shape index (κ2) is 4.34. The van der Waals surface area contributed by atoms with E-state index in [0.717, 1.165) is 38.6 Å². The number of likely N-dealkylation sites (N-methyl/N-ethyl adjacent to an activating group) is 1. The van der Waals surface area contributed by atoms with Gasteiger partial charge in [0.1, 0.15) is 0 Å². The van der Waals surface area contributed by atoms with Crippen molar-refractivity contribution in [2.45, 2.75) is 43.1 Å². The number of benzene rings is 1. The molecular weight excluding hydrogens is 260 g/mol. The molecule has 0 bridgehead atoms. The number of nitrogens with zero attached hydrogens (tertiary/aromatic N) is 1. The minimum atomic E-state index is -0.523. The van der Waals surface area contributed by atoms with Crippen LogP contribution in [0.25, 0.3) is 10.9 Å². The van der Waals surface area contributed by atoms with Crippen molar-refractivity contribution in [1.82, 2.24) is 9.88 Å². The molecule has 2 N–H and O–H groups in total. The van der Waals surface area contributed by atoms with E-state index in [4.69, 9.17) is 0 Å². The van der Waals surface area contributed by atoms with Gasteiger partial charge in [-0.05, 0) is 68.1 Å². The van der Waals surface area contributed by atoms with Crippen molar-refractivity contribution in [1.29, 1.82) is 0 Å². The minimum Gasteiger partial charge on any atom is -0.389 e. The molecule has 2 aliphatic rings. The quantitative estimate of drug-likeness (QED) is 0.909. The smallest absolute Gasteiger partial charge is 0.0759 e. The van der Waals surface area contributed by atoms with Gasteiger partial charge in [0.15, 0.2) is 0 Å². The highest BCUT2D eigenvalue weighted by molar-refractivity contribution is 5.83. The molecule has 1 aromatic heterocycles. The van der Waals surface area contributed by atoms with Gasteiger partial charge in [-0.1, -0.05) is 12.8 Å². The van der Waals surface area contributed by atoms with Gasteiger partial charge in [0.2, 0.25) is 0 Å². The van der Waals surface area contributed by atoms with Gasteiger partial charge in [0, 0.05) is 23.7 Å². The van der Waals surface area contributed by atoms with Crippen LogP contribution in [0.1, 0.15) is 36.8 Å². The number of aliphatic hydroxyl groups is 1. The molecule has 3 heteroatoms. The lowest BCUT2D eigenvalue weighted by molar-refractivity contribution is -0.0562. The number of aromatic nitrogens is 1. The van der Waals surface area contributed by atoms with Crippen molar-refractivity contribution < 1.29 is 5.11 Å². The molecule has 1 atom stereocenters. The van der Waals surface area contributed by atoms with Gasteiger partial charge < -0.3 is 15.0 Å². The summed E-state index contributed by atoms with van der Waals surface area (Å²) in [4.78, 5) is 5.55. The number of nitrogens with one attached hydrogen (secondary N) is 1. The van der Waals surface area contributed by atoms with Crippen LogP contribution in [0.4, 0.5) is 0 Å². The standard InChI is InChI=1S/C18H24N2O/c1-20(2)12-17(18(21)6-3-4-7-18)11-14-9-13-5-8-19-16(13)10-15(14)17/h5,8-10,19,21H,3-4,6-7,11-12H2,1-2H3. The number of H-pyrrole nitrogens is 1. The zero-order valence-electron chi connectivity index (χ0n) is 12.9. The van der Waals surface area contributed by atoms with E-state index in [0.29, 0.717) is 0 Å². The fourth-order valence-corrected chi connectivity index (χ4v) is 4.73. The summed E-state index contributed by atoms with van der Waals surface area (Å²) in [6.07, 6.45) is 7.23. The normalized spacial score (nSPS) is 27.0. The maximum atomic E-state index is 11.3. The Morgan fingerprint density at radius 1 is 1.24 bits per heavy atom. The van der Waals surface area contributed by atoms with Gasteiger partial charge in [-0.2, -0.15) is 0 Å². The largest absolute Gasteiger partial charge is 0.389 e. The van der Waals surface area contributed by atoms with E-state index in [9.17, 15) is 5.11 Å². The van der Waals surface area contributed by atoms with Crippen molar-refractivity contribution in [2.75, 3.05) is 20.6 Å². The second-order valence-corrected chi connectivity index (χ2v) is 7.31. The molecule has 1 saturated carbocycles. The van der Waals surface area contributed by atoms with Crippen molar-refractivity contribution >= 4 is 10.9 Å². The van der Waals surface area contributed by atoms with E-state index < -0.39 is 5.60 Å². The maximum Gasteiger partial charge on any atom is 0.0759 e. The summed E-state index contributed by atoms with van der Waals surface area (Å²) < 4.78 is 0. The van der Waals surface area contributed by atoms with Crippen molar-refractivity contribution in [3.05, 3.63) is 35.5 Å². The molecule has 1 heterocycles. The van der Waals surface area contributed by atoms with Crippen LogP contribution in [-0.2, 0) is 11.8 Å². The van der Waals surface area contributed by atoms with E-state index in [2.05, 4.69) is 42.2 Å². The number of fused-ring (bicyclic) bond motifs is 2. The Hall–Kier alpha value is -1.32. The summed E-state index contributed by atoms with van der Waals surface area (Å²) in [5, 5.41) is 12.6. The fraction of sp³-hybridized carbons (Fsp3) is 0.556. The second-order valence-electron chi connectivity index (χ2n) is 7.31. The summed E-state index contributed by atoms with van der Waals surface area (Å²) >= 11 is 0. The van der Waals surface area contributed by atoms with Gasteiger partial charge in [-0.3, -0.25) is 0 Å². The molecule has 0 saturated heterocycles.